The van der Waals surface area contributed by atoms with E-state index in [0.29, 0.717) is 11.7 Å². The number of halogens is 2. The van der Waals surface area contributed by atoms with Gasteiger partial charge in [0.15, 0.2) is 0 Å². The topological polar surface area (TPSA) is 38.2 Å². The van der Waals surface area contributed by atoms with Crippen molar-refractivity contribution in [1.29, 1.82) is 0 Å². The highest BCUT2D eigenvalue weighted by Gasteiger charge is 2.44. The summed E-state index contributed by atoms with van der Waals surface area (Å²) in [6.45, 7) is -0.569. The van der Waals surface area contributed by atoms with Crippen molar-refractivity contribution in [2.45, 2.75) is 5.92 Å². The first-order chi connectivity index (χ1) is 6.61. The molecule has 0 aliphatic carbocycles. The number of methoxy groups -OCH3 is 1. The van der Waals surface area contributed by atoms with Crippen molar-refractivity contribution in [2.24, 2.45) is 0 Å². The summed E-state index contributed by atoms with van der Waals surface area (Å²) in [4.78, 5) is 9.14. The maximum absolute atomic E-state index is 12.5. The predicted octanol–water partition coefficient (Wildman–Crippen LogP) is 0.941. The van der Waals surface area contributed by atoms with E-state index in [2.05, 4.69) is 9.97 Å². The Balaban J connectivity index is 2.11. The lowest BCUT2D eigenvalue weighted by Gasteiger charge is -2.39. The molecule has 1 aromatic rings. The van der Waals surface area contributed by atoms with E-state index in [1.807, 2.05) is 0 Å². The van der Waals surface area contributed by atoms with Gasteiger partial charge in [-0.1, -0.05) is 0 Å². The SMILES string of the molecule is COc1cc(N2CC(F)(F)C2)ncn1. The van der Waals surface area contributed by atoms with Crippen molar-refractivity contribution in [3.63, 3.8) is 0 Å². The minimum absolute atomic E-state index is 0.285. The molecule has 0 unspecified atom stereocenters. The summed E-state index contributed by atoms with van der Waals surface area (Å²) in [5.41, 5.74) is 0. The molecule has 0 aromatic carbocycles. The number of anilines is 1. The predicted molar refractivity (Wildman–Crippen MR) is 45.7 cm³/mol. The molecule has 76 valence electrons. The summed E-state index contributed by atoms with van der Waals surface area (Å²) in [5.74, 6) is -1.73. The van der Waals surface area contributed by atoms with Crippen molar-refractivity contribution in [2.75, 3.05) is 25.1 Å². The summed E-state index contributed by atoms with van der Waals surface area (Å²) in [7, 11) is 1.47. The average molecular weight is 201 g/mol. The average Bonchev–Trinajstić information content (AvgIpc) is 2.14. The van der Waals surface area contributed by atoms with Crippen LogP contribution in [0.15, 0.2) is 12.4 Å². The summed E-state index contributed by atoms with van der Waals surface area (Å²) in [6.07, 6.45) is 1.30. The molecule has 1 saturated heterocycles. The summed E-state index contributed by atoms with van der Waals surface area (Å²) in [5, 5.41) is 0. The molecule has 1 fully saturated rings. The molecular weight excluding hydrogens is 192 g/mol. The second kappa shape index (κ2) is 3.04. The summed E-state index contributed by atoms with van der Waals surface area (Å²) >= 11 is 0. The third kappa shape index (κ3) is 1.59. The van der Waals surface area contributed by atoms with Gasteiger partial charge in [-0.3, -0.25) is 0 Å². The van der Waals surface area contributed by atoms with E-state index in [4.69, 9.17) is 4.74 Å². The molecule has 2 heterocycles. The number of rotatable bonds is 2. The Morgan fingerprint density at radius 2 is 2.14 bits per heavy atom. The number of aromatic nitrogens is 2. The molecule has 0 spiro atoms. The van der Waals surface area contributed by atoms with Gasteiger partial charge in [-0.2, -0.15) is 0 Å². The standard InChI is InChI=1S/C8H9F2N3O/c1-14-7-2-6(11-5-12-7)13-3-8(9,10)4-13/h2,5H,3-4H2,1H3. The van der Waals surface area contributed by atoms with Crippen molar-refractivity contribution in [3.8, 4) is 5.88 Å². The second-order valence-electron chi connectivity index (χ2n) is 3.13. The van der Waals surface area contributed by atoms with Gasteiger partial charge in [-0.05, 0) is 0 Å². The van der Waals surface area contributed by atoms with E-state index in [-0.39, 0.29) is 13.1 Å². The van der Waals surface area contributed by atoms with Gasteiger partial charge in [0.1, 0.15) is 12.1 Å². The summed E-state index contributed by atoms with van der Waals surface area (Å²) < 4.78 is 29.9. The highest BCUT2D eigenvalue weighted by atomic mass is 19.3. The van der Waals surface area contributed by atoms with Gasteiger partial charge in [-0.15, -0.1) is 0 Å². The summed E-state index contributed by atoms with van der Waals surface area (Å²) in [6, 6.07) is 1.54. The van der Waals surface area contributed by atoms with Crippen molar-refractivity contribution >= 4 is 5.82 Å². The van der Waals surface area contributed by atoms with Crippen LogP contribution in [0.1, 0.15) is 0 Å². The monoisotopic (exact) mass is 201 g/mol. The Labute approximate surface area is 79.5 Å². The van der Waals surface area contributed by atoms with Gasteiger partial charge in [0, 0.05) is 6.07 Å². The zero-order valence-corrected chi connectivity index (χ0v) is 7.57. The number of ether oxygens (including phenoxy) is 1. The quantitative estimate of drug-likeness (QED) is 0.713. The van der Waals surface area contributed by atoms with E-state index < -0.39 is 5.92 Å². The minimum Gasteiger partial charge on any atom is -0.481 e. The van der Waals surface area contributed by atoms with Gasteiger partial charge in [-0.25, -0.2) is 18.7 Å². The Morgan fingerprint density at radius 1 is 1.43 bits per heavy atom. The smallest absolute Gasteiger partial charge is 0.282 e. The maximum atomic E-state index is 12.5. The molecule has 14 heavy (non-hydrogen) atoms. The van der Waals surface area contributed by atoms with Crippen LogP contribution in [0.2, 0.25) is 0 Å². The Morgan fingerprint density at radius 3 is 2.71 bits per heavy atom. The molecule has 0 saturated carbocycles. The van der Waals surface area contributed by atoms with E-state index in [0.717, 1.165) is 0 Å². The zero-order valence-electron chi connectivity index (χ0n) is 7.57. The van der Waals surface area contributed by atoms with Gasteiger partial charge >= 0.3 is 0 Å². The van der Waals surface area contributed by atoms with Crippen LogP contribution in [0.3, 0.4) is 0 Å². The largest absolute Gasteiger partial charge is 0.481 e. The minimum atomic E-state index is -2.59. The molecule has 4 nitrogen and oxygen atoms in total. The maximum Gasteiger partial charge on any atom is 0.282 e. The van der Waals surface area contributed by atoms with Crippen LogP contribution in [-0.2, 0) is 0 Å². The Kier molecular flexibility index (Phi) is 1.98. The third-order valence-electron chi connectivity index (χ3n) is 2.01. The molecule has 0 atom stereocenters. The fourth-order valence-corrected chi connectivity index (χ4v) is 1.29. The van der Waals surface area contributed by atoms with E-state index in [1.165, 1.54) is 24.4 Å². The third-order valence-corrected chi connectivity index (χ3v) is 2.01. The molecule has 0 amide bonds. The number of nitrogens with zero attached hydrogens (tertiary/aromatic N) is 3. The first-order valence-corrected chi connectivity index (χ1v) is 4.09. The molecule has 0 bridgehead atoms. The second-order valence-corrected chi connectivity index (χ2v) is 3.13. The number of hydrogen-bond donors (Lipinski definition) is 0. The van der Waals surface area contributed by atoms with Crippen LogP contribution >= 0.6 is 0 Å². The van der Waals surface area contributed by atoms with Crippen LogP contribution in [0.4, 0.5) is 14.6 Å². The van der Waals surface area contributed by atoms with Gasteiger partial charge in [0.2, 0.25) is 5.88 Å². The highest BCUT2D eigenvalue weighted by Crippen LogP contribution is 2.31. The number of alkyl halides is 2. The molecule has 6 heteroatoms. The zero-order chi connectivity index (χ0) is 10.2. The van der Waals surface area contributed by atoms with Gasteiger partial charge in [0.25, 0.3) is 5.92 Å². The first-order valence-electron chi connectivity index (χ1n) is 4.09. The fourth-order valence-electron chi connectivity index (χ4n) is 1.29. The highest BCUT2D eigenvalue weighted by molar-refractivity contribution is 5.44. The first kappa shape index (κ1) is 9.11. The van der Waals surface area contributed by atoms with Gasteiger partial charge in [0.05, 0.1) is 20.2 Å². The Bertz CT molecular complexity index is 337. The van der Waals surface area contributed by atoms with E-state index in [1.54, 1.807) is 0 Å². The van der Waals surface area contributed by atoms with E-state index >= 15 is 0 Å². The number of hydrogen-bond acceptors (Lipinski definition) is 4. The lowest BCUT2D eigenvalue weighted by molar-refractivity contribution is -0.0267. The van der Waals surface area contributed by atoms with Crippen molar-refractivity contribution in [1.82, 2.24) is 9.97 Å². The molecule has 1 aliphatic heterocycles. The normalized spacial score (nSPS) is 18.9. The Hall–Kier alpha value is -1.46. The van der Waals surface area contributed by atoms with Crippen LogP contribution in [0.5, 0.6) is 5.88 Å². The van der Waals surface area contributed by atoms with Crippen LogP contribution < -0.4 is 9.64 Å². The molecule has 1 aromatic heterocycles. The van der Waals surface area contributed by atoms with Gasteiger partial charge < -0.3 is 9.64 Å². The lowest BCUT2D eigenvalue weighted by atomic mass is 10.1. The molecule has 1 aliphatic rings. The van der Waals surface area contributed by atoms with Crippen LogP contribution in [-0.4, -0.2) is 36.1 Å². The van der Waals surface area contributed by atoms with Crippen LogP contribution in [0.25, 0.3) is 0 Å². The lowest BCUT2D eigenvalue weighted by Crippen LogP contribution is -2.56. The van der Waals surface area contributed by atoms with Crippen molar-refractivity contribution < 1.29 is 13.5 Å². The molecule has 2 rings (SSSR count). The molecular formula is C8H9F2N3O. The fraction of sp³-hybridized carbons (Fsp3) is 0.500. The van der Waals surface area contributed by atoms with E-state index in [9.17, 15) is 8.78 Å². The van der Waals surface area contributed by atoms with Crippen molar-refractivity contribution in [3.05, 3.63) is 12.4 Å². The molecule has 0 radical (unpaired) electrons. The molecule has 0 N–H and O–H groups in total. The van der Waals surface area contributed by atoms with Crippen LogP contribution in [0, 0.1) is 0 Å².